The van der Waals surface area contributed by atoms with Crippen LogP contribution in [0.1, 0.15) is 32.1 Å². The third kappa shape index (κ3) is 2.66. The Hall–Kier alpha value is -0.800. The number of aliphatic hydroxyl groups excluding tert-OH is 1. The van der Waals surface area contributed by atoms with Gasteiger partial charge in [0.15, 0.2) is 0 Å². The maximum atomic E-state index is 13.3. The molecule has 0 aromatic heterocycles. The number of halogens is 2. The highest BCUT2D eigenvalue weighted by molar-refractivity contribution is 7.87. The molecule has 4 aliphatic carbocycles. The van der Waals surface area contributed by atoms with Crippen molar-refractivity contribution in [1.82, 2.24) is 0 Å². The summed E-state index contributed by atoms with van der Waals surface area (Å²) in [6.07, 6.45) is 4.55. The van der Waals surface area contributed by atoms with E-state index in [0.717, 1.165) is 32.1 Å². The van der Waals surface area contributed by atoms with E-state index in [1.807, 2.05) is 0 Å². The van der Waals surface area contributed by atoms with Gasteiger partial charge in [0, 0.05) is 17.9 Å². The van der Waals surface area contributed by atoms with E-state index in [9.17, 15) is 27.1 Å². The van der Waals surface area contributed by atoms with Crippen LogP contribution >= 0.6 is 0 Å². The number of ether oxygens (including phenoxy) is 1. The van der Waals surface area contributed by atoms with Gasteiger partial charge < -0.3 is 9.84 Å². The van der Waals surface area contributed by atoms with Gasteiger partial charge in [-0.15, -0.1) is 0 Å². The molecule has 0 saturated heterocycles. The van der Waals surface area contributed by atoms with Gasteiger partial charge in [0.05, 0.1) is 6.61 Å². The minimum Gasteiger partial charge on any atom is -0.460 e. The molecule has 23 heavy (non-hydrogen) atoms. The topological polar surface area (TPSA) is 101 Å². The molecular formula is C14H20F2O6S. The van der Waals surface area contributed by atoms with E-state index < -0.39 is 26.8 Å². The first kappa shape index (κ1) is 17.0. The summed E-state index contributed by atoms with van der Waals surface area (Å²) in [4.78, 5) is 11.4. The van der Waals surface area contributed by atoms with Crippen molar-refractivity contribution in [1.29, 1.82) is 0 Å². The highest BCUT2D eigenvalue weighted by atomic mass is 32.2. The third-order valence-corrected chi connectivity index (χ3v) is 6.77. The van der Waals surface area contributed by atoms with Crippen LogP contribution < -0.4 is 0 Å². The third-order valence-electron chi connectivity index (χ3n) is 5.96. The van der Waals surface area contributed by atoms with Gasteiger partial charge in [-0.2, -0.15) is 17.2 Å². The molecule has 3 unspecified atom stereocenters. The molecule has 6 nitrogen and oxygen atoms in total. The highest BCUT2D eigenvalue weighted by Crippen LogP contribution is 2.62. The van der Waals surface area contributed by atoms with Crippen LogP contribution in [-0.4, -0.2) is 42.5 Å². The van der Waals surface area contributed by atoms with Crippen molar-refractivity contribution in [2.24, 2.45) is 29.1 Å². The van der Waals surface area contributed by atoms with Crippen molar-refractivity contribution in [3.63, 3.8) is 0 Å². The predicted molar refractivity (Wildman–Crippen MR) is 74.0 cm³/mol. The van der Waals surface area contributed by atoms with E-state index in [1.54, 1.807) is 0 Å². The first-order valence-corrected chi connectivity index (χ1v) is 9.16. The molecule has 0 aliphatic heterocycles. The summed E-state index contributed by atoms with van der Waals surface area (Å²) in [7, 11) is -5.85. The molecule has 132 valence electrons. The largest absolute Gasteiger partial charge is 0.465 e. The summed E-state index contributed by atoms with van der Waals surface area (Å²) < 4.78 is 60.6. The van der Waals surface area contributed by atoms with Crippen LogP contribution in [0.5, 0.6) is 0 Å². The average Bonchev–Trinajstić information content (AvgIpc) is 2.44. The Morgan fingerprint density at radius 2 is 1.78 bits per heavy atom. The SMILES string of the molecule is O=C(OCC1C2CC3CC(C2)CC1(CO)C3)C(F)(F)S(=O)(=O)O. The first-order chi connectivity index (χ1) is 10.6. The molecule has 9 heteroatoms. The van der Waals surface area contributed by atoms with Crippen molar-refractivity contribution in [2.75, 3.05) is 13.2 Å². The molecule has 2 N–H and O–H groups in total. The van der Waals surface area contributed by atoms with Crippen molar-refractivity contribution in [3.8, 4) is 0 Å². The summed E-state index contributed by atoms with van der Waals surface area (Å²) in [5.41, 5.74) is -0.428. The van der Waals surface area contributed by atoms with E-state index in [1.165, 1.54) is 0 Å². The molecule has 4 saturated carbocycles. The molecular weight excluding hydrogens is 334 g/mol. The van der Waals surface area contributed by atoms with Crippen LogP contribution in [0.2, 0.25) is 0 Å². The lowest BCUT2D eigenvalue weighted by Crippen LogP contribution is -2.56. The van der Waals surface area contributed by atoms with Crippen LogP contribution in [0.4, 0.5) is 8.78 Å². The number of alkyl halides is 2. The molecule has 4 bridgehead atoms. The molecule has 0 radical (unpaired) electrons. The van der Waals surface area contributed by atoms with Crippen LogP contribution in [0.25, 0.3) is 0 Å². The molecule has 3 atom stereocenters. The smallest absolute Gasteiger partial charge is 0.460 e. The minimum atomic E-state index is -5.85. The number of carbonyl (C=O) groups is 1. The first-order valence-electron chi connectivity index (χ1n) is 7.72. The zero-order valence-electron chi connectivity index (χ0n) is 12.5. The quantitative estimate of drug-likeness (QED) is 0.572. The summed E-state index contributed by atoms with van der Waals surface area (Å²) in [6.45, 7) is -0.442. The van der Waals surface area contributed by atoms with Crippen molar-refractivity contribution in [3.05, 3.63) is 0 Å². The Balaban J connectivity index is 1.72. The number of aliphatic hydroxyl groups is 1. The second-order valence-electron chi connectivity index (χ2n) is 7.32. The Kier molecular flexibility index (Phi) is 3.97. The van der Waals surface area contributed by atoms with Crippen LogP contribution in [-0.2, 0) is 19.6 Å². The van der Waals surface area contributed by atoms with Gasteiger partial charge in [-0.1, -0.05) is 0 Å². The zero-order chi connectivity index (χ0) is 17.0. The molecule has 4 aliphatic rings. The van der Waals surface area contributed by atoms with Gasteiger partial charge in [-0.3, -0.25) is 4.55 Å². The molecule has 4 fully saturated rings. The maximum absolute atomic E-state index is 13.3. The lowest BCUT2D eigenvalue weighted by atomic mass is 9.45. The van der Waals surface area contributed by atoms with Gasteiger partial charge in [0.2, 0.25) is 0 Å². The second-order valence-corrected chi connectivity index (χ2v) is 8.79. The Labute approximate surface area is 132 Å². The summed E-state index contributed by atoms with van der Waals surface area (Å²) in [6, 6.07) is 0. The number of hydrogen-bond donors (Lipinski definition) is 2. The fourth-order valence-corrected chi connectivity index (χ4v) is 5.50. The van der Waals surface area contributed by atoms with E-state index in [2.05, 4.69) is 4.74 Å². The summed E-state index contributed by atoms with van der Waals surface area (Å²) in [5.74, 6) is -1.28. The predicted octanol–water partition coefficient (Wildman–Crippen LogP) is 1.45. The lowest BCUT2D eigenvalue weighted by molar-refractivity contribution is -0.179. The van der Waals surface area contributed by atoms with E-state index in [0.29, 0.717) is 11.8 Å². The molecule has 0 aromatic carbocycles. The number of carbonyl (C=O) groups excluding carboxylic acids is 1. The Morgan fingerprint density at radius 1 is 1.22 bits per heavy atom. The van der Waals surface area contributed by atoms with Crippen LogP contribution in [0.3, 0.4) is 0 Å². The molecule has 0 aromatic rings. The maximum Gasteiger partial charge on any atom is 0.465 e. The minimum absolute atomic E-state index is 0.0899. The normalized spacial score (nSPS) is 39.5. The Bertz CT molecular complexity index is 590. The van der Waals surface area contributed by atoms with Gasteiger partial charge in [0.1, 0.15) is 0 Å². The summed E-state index contributed by atoms with van der Waals surface area (Å²) in [5, 5.41) is 4.86. The Morgan fingerprint density at radius 3 is 2.26 bits per heavy atom. The van der Waals surface area contributed by atoms with Crippen molar-refractivity contribution >= 4 is 16.1 Å². The highest BCUT2D eigenvalue weighted by Gasteiger charge is 2.58. The van der Waals surface area contributed by atoms with E-state index in [4.69, 9.17) is 4.55 Å². The van der Waals surface area contributed by atoms with Gasteiger partial charge >= 0.3 is 21.3 Å². The number of hydrogen-bond acceptors (Lipinski definition) is 5. The standard InChI is InChI=1S/C14H20F2O6S/c15-14(16,23(19,20)21)12(18)22-6-11-10-2-8-1-9(3-10)5-13(11,4-8)7-17/h8-11,17H,1-7H2,(H,19,20,21). The molecule has 0 heterocycles. The average molecular weight is 354 g/mol. The zero-order valence-corrected chi connectivity index (χ0v) is 13.3. The fraction of sp³-hybridized carbons (Fsp3) is 0.929. The van der Waals surface area contributed by atoms with Gasteiger partial charge in [-0.05, 0) is 49.9 Å². The van der Waals surface area contributed by atoms with E-state index in [-0.39, 0.29) is 25.0 Å². The van der Waals surface area contributed by atoms with Crippen LogP contribution in [0.15, 0.2) is 0 Å². The molecule has 4 rings (SSSR count). The molecule has 0 spiro atoms. The number of rotatable bonds is 5. The fourth-order valence-electron chi connectivity index (χ4n) is 5.23. The van der Waals surface area contributed by atoms with Gasteiger partial charge in [-0.25, -0.2) is 4.79 Å². The van der Waals surface area contributed by atoms with Crippen LogP contribution in [0, 0.1) is 29.1 Å². The van der Waals surface area contributed by atoms with E-state index >= 15 is 0 Å². The van der Waals surface area contributed by atoms with Crippen molar-refractivity contribution < 1.29 is 36.4 Å². The van der Waals surface area contributed by atoms with Gasteiger partial charge in [0.25, 0.3) is 0 Å². The second kappa shape index (κ2) is 5.35. The van der Waals surface area contributed by atoms with Crippen molar-refractivity contribution in [2.45, 2.75) is 37.4 Å². The number of esters is 1. The lowest BCUT2D eigenvalue weighted by Gasteiger charge is -2.60. The molecule has 0 amide bonds. The summed E-state index contributed by atoms with van der Waals surface area (Å²) >= 11 is 0. The monoisotopic (exact) mass is 354 g/mol.